The Morgan fingerprint density at radius 2 is 1.91 bits per heavy atom. The second kappa shape index (κ2) is 6.29. The van der Waals surface area contributed by atoms with Gasteiger partial charge in [0, 0.05) is 6.54 Å². The Balaban J connectivity index is 2.09. The number of hydrogen-bond acceptors (Lipinski definition) is 2. The zero-order chi connectivity index (χ0) is 15.7. The molecule has 0 bridgehead atoms. The SMILES string of the molecule is CCC(N)c1nc2ccccc2n1Cc1ccc(Cl)c(Cl)c1. The van der Waals surface area contributed by atoms with Gasteiger partial charge in [-0.1, -0.05) is 48.3 Å². The zero-order valence-corrected chi connectivity index (χ0v) is 13.8. The second-order valence-electron chi connectivity index (χ2n) is 5.31. The molecule has 0 saturated heterocycles. The highest BCUT2D eigenvalue weighted by molar-refractivity contribution is 6.42. The second-order valence-corrected chi connectivity index (χ2v) is 6.12. The Labute approximate surface area is 139 Å². The predicted octanol–water partition coefficient (Wildman–Crippen LogP) is 4.80. The van der Waals surface area contributed by atoms with Crippen LogP contribution >= 0.6 is 23.2 Å². The third-order valence-corrected chi connectivity index (χ3v) is 4.52. The molecule has 3 rings (SSSR count). The maximum absolute atomic E-state index is 6.24. The van der Waals surface area contributed by atoms with Crippen LogP contribution in [0.25, 0.3) is 11.0 Å². The molecule has 0 aliphatic rings. The average Bonchev–Trinajstić information content (AvgIpc) is 2.89. The number of rotatable bonds is 4. The van der Waals surface area contributed by atoms with Gasteiger partial charge >= 0.3 is 0 Å². The van der Waals surface area contributed by atoms with E-state index in [2.05, 4.69) is 17.6 Å². The Morgan fingerprint density at radius 1 is 1.14 bits per heavy atom. The molecule has 22 heavy (non-hydrogen) atoms. The lowest BCUT2D eigenvalue weighted by atomic mass is 10.2. The summed E-state index contributed by atoms with van der Waals surface area (Å²) in [4.78, 5) is 4.70. The van der Waals surface area contributed by atoms with Crippen molar-refractivity contribution in [2.75, 3.05) is 0 Å². The van der Waals surface area contributed by atoms with Crippen molar-refractivity contribution in [1.29, 1.82) is 0 Å². The summed E-state index contributed by atoms with van der Waals surface area (Å²) < 4.78 is 2.16. The van der Waals surface area contributed by atoms with E-state index >= 15 is 0 Å². The van der Waals surface area contributed by atoms with Gasteiger partial charge in [0.05, 0.1) is 27.1 Å². The molecule has 3 nitrogen and oxygen atoms in total. The average molecular weight is 334 g/mol. The Kier molecular flexibility index (Phi) is 4.39. The highest BCUT2D eigenvalue weighted by Gasteiger charge is 2.16. The van der Waals surface area contributed by atoms with Crippen LogP contribution in [0.1, 0.15) is 30.8 Å². The summed E-state index contributed by atoms with van der Waals surface area (Å²) in [6.45, 7) is 2.73. The fraction of sp³-hybridized carbons (Fsp3) is 0.235. The molecule has 0 saturated carbocycles. The summed E-state index contributed by atoms with van der Waals surface area (Å²) in [6, 6.07) is 13.7. The van der Waals surface area contributed by atoms with Crippen molar-refractivity contribution < 1.29 is 0 Å². The lowest BCUT2D eigenvalue weighted by Gasteiger charge is -2.14. The quantitative estimate of drug-likeness (QED) is 0.745. The molecule has 2 N–H and O–H groups in total. The molecule has 1 atom stereocenters. The number of benzene rings is 2. The van der Waals surface area contributed by atoms with Crippen molar-refractivity contribution in [2.24, 2.45) is 5.73 Å². The number of hydrogen-bond donors (Lipinski definition) is 1. The molecule has 1 heterocycles. The van der Waals surface area contributed by atoms with Gasteiger partial charge in [0.2, 0.25) is 0 Å². The molecule has 3 aromatic rings. The van der Waals surface area contributed by atoms with E-state index in [9.17, 15) is 0 Å². The number of aromatic nitrogens is 2. The first kappa shape index (κ1) is 15.3. The number of imidazole rings is 1. The minimum atomic E-state index is -0.0878. The van der Waals surface area contributed by atoms with Crippen LogP contribution in [0.15, 0.2) is 42.5 Å². The van der Waals surface area contributed by atoms with E-state index in [4.69, 9.17) is 33.9 Å². The van der Waals surface area contributed by atoms with Crippen molar-refractivity contribution in [1.82, 2.24) is 9.55 Å². The van der Waals surface area contributed by atoms with Gasteiger partial charge in [0.25, 0.3) is 0 Å². The molecule has 5 heteroatoms. The fourth-order valence-corrected chi connectivity index (χ4v) is 2.87. The summed E-state index contributed by atoms with van der Waals surface area (Å²) >= 11 is 12.1. The first-order valence-corrected chi connectivity index (χ1v) is 8.00. The normalized spacial score (nSPS) is 12.7. The van der Waals surface area contributed by atoms with Crippen LogP contribution in [-0.4, -0.2) is 9.55 Å². The van der Waals surface area contributed by atoms with Crippen molar-refractivity contribution in [2.45, 2.75) is 25.9 Å². The van der Waals surface area contributed by atoms with E-state index in [1.54, 1.807) is 0 Å². The van der Waals surface area contributed by atoms with E-state index in [0.717, 1.165) is 28.8 Å². The predicted molar refractivity (Wildman–Crippen MR) is 92.5 cm³/mol. The van der Waals surface area contributed by atoms with Gasteiger partial charge in [0.1, 0.15) is 5.82 Å². The fourth-order valence-electron chi connectivity index (χ4n) is 2.55. The molecule has 0 aliphatic carbocycles. The van der Waals surface area contributed by atoms with Crippen LogP contribution < -0.4 is 5.73 Å². The Hall–Kier alpha value is -1.55. The standard InChI is InChI=1S/C17H17Cl2N3/c1-2-14(20)17-21-15-5-3-4-6-16(15)22(17)10-11-7-8-12(18)13(19)9-11/h3-9,14H,2,10,20H2,1H3. The lowest BCUT2D eigenvalue weighted by Crippen LogP contribution is -2.16. The van der Waals surface area contributed by atoms with E-state index in [-0.39, 0.29) is 6.04 Å². The van der Waals surface area contributed by atoms with Crippen LogP contribution in [0, 0.1) is 0 Å². The van der Waals surface area contributed by atoms with Crippen molar-refractivity contribution in [3.05, 3.63) is 63.9 Å². The number of halogens is 2. The van der Waals surface area contributed by atoms with E-state index < -0.39 is 0 Å². The molecular formula is C17H17Cl2N3. The first-order valence-electron chi connectivity index (χ1n) is 7.24. The summed E-state index contributed by atoms with van der Waals surface area (Å²) in [7, 11) is 0. The number of fused-ring (bicyclic) bond motifs is 1. The van der Waals surface area contributed by atoms with E-state index in [1.807, 2.05) is 36.4 Å². The minimum absolute atomic E-state index is 0.0878. The molecular weight excluding hydrogens is 317 g/mol. The Bertz CT molecular complexity index is 811. The summed E-state index contributed by atoms with van der Waals surface area (Å²) in [5, 5.41) is 1.12. The van der Waals surface area contributed by atoms with Gasteiger partial charge in [0.15, 0.2) is 0 Å². The largest absolute Gasteiger partial charge is 0.322 e. The molecule has 1 aromatic heterocycles. The number of nitrogens with zero attached hydrogens (tertiary/aromatic N) is 2. The van der Waals surface area contributed by atoms with Gasteiger partial charge < -0.3 is 10.3 Å². The van der Waals surface area contributed by atoms with E-state index in [0.29, 0.717) is 16.6 Å². The lowest BCUT2D eigenvalue weighted by molar-refractivity contribution is 0.605. The highest BCUT2D eigenvalue weighted by Crippen LogP contribution is 2.26. The van der Waals surface area contributed by atoms with Crippen LogP contribution in [0.4, 0.5) is 0 Å². The third kappa shape index (κ3) is 2.84. The minimum Gasteiger partial charge on any atom is -0.322 e. The number of nitrogens with two attached hydrogens (primary N) is 1. The molecule has 2 aromatic carbocycles. The van der Waals surface area contributed by atoms with Crippen molar-refractivity contribution in [3.63, 3.8) is 0 Å². The molecule has 0 aliphatic heterocycles. The smallest absolute Gasteiger partial charge is 0.127 e. The summed E-state index contributed by atoms with van der Waals surface area (Å²) in [5.74, 6) is 0.898. The van der Waals surface area contributed by atoms with Crippen molar-refractivity contribution in [3.8, 4) is 0 Å². The summed E-state index contributed by atoms with van der Waals surface area (Å²) in [6.07, 6.45) is 0.838. The molecule has 0 fully saturated rings. The first-order chi connectivity index (χ1) is 10.6. The van der Waals surface area contributed by atoms with Crippen LogP contribution in [-0.2, 0) is 6.54 Å². The van der Waals surface area contributed by atoms with Crippen LogP contribution in [0.2, 0.25) is 10.0 Å². The highest BCUT2D eigenvalue weighted by atomic mass is 35.5. The van der Waals surface area contributed by atoms with Crippen LogP contribution in [0.3, 0.4) is 0 Å². The molecule has 0 radical (unpaired) electrons. The zero-order valence-electron chi connectivity index (χ0n) is 12.3. The molecule has 0 spiro atoms. The number of para-hydroxylation sites is 2. The van der Waals surface area contributed by atoms with Gasteiger partial charge in [-0.2, -0.15) is 0 Å². The maximum atomic E-state index is 6.24. The maximum Gasteiger partial charge on any atom is 0.127 e. The van der Waals surface area contributed by atoms with E-state index in [1.165, 1.54) is 0 Å². The van der Waals surface area contributed by atoms with Crippen molar-refractivity contribution >= 4 is 34.2 Å². The molecule has 0 amide bonds. The molecule has 1 unspecified atom stereocenters. The topological polar surface area (TPSA) is 43.8 Å². The summed E-state index contributed by atoms with van der Waals surface area (Å²) in [5.41, 5.74) is 9.34. The van der Waals surface area contributed by atoms with Gasteiger partial charge in [-0.15, -0.1) is 0 Å². The van der Waals surface area contributed by atoms with Gasteiger partial charge in [-0.25, -0.2) is 4.98 Å². The van der Waals surface area contributed by atoms with Crippen LogP contribution in [0.5, 0.6) is 0 Å². The third-order valence-electron chi connectivity index (χ3n) is 3.78. The monoisotopic (exact) mass is 333 g/mol. The Morgan fingerprint density at radius 3 is 2.64 bits per heavy atom. The molecule has 114 valence electrons. The van der Waals surface area contributed by atoms with Gasteiger partial charge in [-0.3, -0.25) is 0 Å². The van der Waals surface area contributed by atoms with Gasteiger partial charge in [-0.05, 0) is 36.2 Å².